The third-order valence-electron chi connectivity index (χ3n) is 5.04. The molecule has 20 heavy (non-hydrogen) atoms. The monoisotopic (exact) mass is 277 g/mol. The van der Waals surface area contributed by atoms with Crippen molar-refractivity contribution in [3.8, 4) is 0 Å². The summed E-state index contributed by atoms with van der Waals surface area (Å²) < 4.78 is 11.8. The van der Waals surface area contributed by atoms with E-state index in [0.717, 1.165) is 24.5 Å². The first-order valence-electron chi connectivity index (χ1n) is 8.05. The average molecular weight is 277 g/mol. The minimum absolute atomic E-state index is 0.191. The van der Waals surface area contributed by atoms with Gasteiger partial charge in [-0.05, 0) is 52.5 Å². The second-order valence-corrected chi connectivity index (χ2v) is 6.69. The molecule has 2 atom stereocenters. The summed E-state index contributed by atoms with van der Waals surface area (Å²) in [5, 5.41) is 3.80. The van der Waals surface area contributed by atoms with Gasteiger partial charge in [-0.2, -0.15) is 0 Å². The third kappa shape index (κ3) is 2.79. The van der Waals surface area contributed by atoms with Gasteiger partial charge in [0, 0.05) is 24.3 Å². The summed E-state index contributed by atoms with van der Waals surface area (Å²) in [6.45, 7) is 7.23. The molecule has 1 N–H and O–H groups in total. The van der Waals surface area contributed by atoms with Crippen molar-refractivity contribution in [2.45, 2.75) is 77.0 Å². The van der Waals surface area contributed by atoms with Crippen LogP contribution in [0.1, 0.15) is 68.6 Å². The zero-order valence-corrected chi connectivity index (χ0v) is 13.0. The van der Waals surface area contributed by atoms with Gasteiger partial charge in [0.1, 0.15) is 11.5 Å². The zero-order chi connectivity index (χ0) is 14.2. The molecule has 1 aliphatic carbocycles. The average Bonchev–Trinajstić information content (AvgIpc) is 2.96. The molecular formula is C17H27NO2. The molecular weight excluding hydrogens is 250 g/mol. The fourth-order valence-corrected chi connectivity index (χ4v) is 4.06. The quantitative estimate of drug-likeness (QED) is 0.905. The molecule has 0 amide bonds. The summed E-state index contributed by atoms with van der Waals surface area (Å²) in [7, 11) is 0. The molecule has 2 heterocycles. The molecule has 0 radical (unpaired) electrons. The predicted octanol–water partition coefficient (Wildman–Crippen LogP) is 4.04. The Bertz CT molecular complexity index is 460. The maximum absolute atomic E-state index is 6.11. The first-order chi connectivity index (χ1) is 9.58. The largest absolute Gasteiger partial charge is 0.466 e. The second kappa shape index (κ2) is 5.53. The van der Waals surface area contributed by atoms with Crippen molar-refractivity contribution in [3.63, 3.8) is 0 Å². The smallest absolute Gasteiger partial charge is 0.105 e. The van der Waals surface area contributed by atoms with Gasteiger partial charge in [0.15, 0.2) is 0 Å². The van der Waals surface area contributed by atoms with Crippen LogP contribution in [-0.4, -0.2) is 18.2 Å². The minimum atomic E-state index is 0.191. The van der Waals surface area contributed by atoms with Crippen LogP contribution in [0.4, 0.5) is 0 Å². The van der Waals surface area contributed by atoms with E-state index in [1.54, 1.807) is 0 Å². The number of ether oxygens (including phenoxy) is 1. The van der Waals surface area contributed by atoms with Crippen LogP contribution in [0, 0.1) is 13.8 Å². The molecule has 1 aliphatic heterocycles. The lowest BCUT2D eigenvalue weighted by Crippen LogP contribution is -2.46. The zero-order valence-electron chi connectivity index (χ0n) is 13.0. The van der Waals surface area contributed by atoms with Crippen molar-refractivity contribution >= 4 is 0 Å². The van der Waals surface area contributed by atoms with Gasteiger partial charge in [-0.25, -0.2) is 0 Å². The van der Waals surface area contributed by atoms with Crippen LogP contribution in [0.5, 0.6) is 0 Å². The van der Waals surface area contributed by atoms with Gasteiger partial charge in [0.25, 0.3) is 0 Å². The molecule has 3 rings (SSSR count). The lowest BCUT2D eigenvalue weighted by molar-refractivity contribution is -0.0846. The molecule has 2 fully saturated rings. The van der Waals surface area contributed by atoms with E-state index in [9.17, 15) is 0 Å². The molecule has 0 bridgehead atoms. The number of rotatable bonds is 3. The summed E-state index contributed by atoms with van der Waals surface area (Å²) in [6, 6.07) is 3.10. The van der Waals surface area contributed by atoms with Crippen molar-refractivity contribution in [3.05, 3.63) is 23.2 Å². The molecule has 2 aliphatic rings. The molecule has 1 aromatic heterocycles. The maximum Gasteiger partial charge on any atom is 0.105 e. The fraction of sp³-hybridized carbons (Fsp3) is 0.765. The molecule has 1 saturated heterocycles. The van der Waals surface area contributed by atoms with E-state index < -0.39 is 0 Å². The standard InChI is InChI=1S/C17H27NO2/c1-12-10-16(14(3)20-12)13(2)18-15-6-9-19-17(11-15)7-4-5-8-17/h10,13,15,18H,4-9,11H2,1-3H3. The van der Waals surface area contributed by atoms with Crippen LogP contribution in [0.15, 0.2) is 10.5 Å². The SMILES string of the molecule is Cc1cc(C(C)NC2CCOC3(CCCC3)C2)c(C)o1. The van der Waals surface area contributed by atoms with Crippen LogP contribution < -0.4 is 5.32 Å². The van der Waals surface area contributed by atoms with E-state index in [2.05, 4.69) is 25.2 Å². The Morgan fingerprint density at radius 2 is 2.05 bits per heavy atom. The van der Waals surface area contributed by atoms with Gasteiger partial charge in [0.05, 0.1) is 5.60 Å². The van der Waals surface area contributed by atoms with E-state index in [0.29, 0.717) is 12.1 Å². The fourth-order valence-electron chi connectivity index (χ4n) is 4.06. The van der Waals surface area contributed by atoms with Crippen molar-refractivity contribution < 1.29 is 9.15 Å². The lowest BCUT2D eigenvalue weighted by atomic mass is 9.88. The summed E-state index contributed by atoms with van der Waals surface area (Å²) >= 11 is 0. The van der Waals surface area contributed by atoms with Crippen molar-refractivity contribution in [2.24, 2.45) is 0 Å². The predicted molar refractivity (Wildman–Crippen MR) is 79.9 cm³/mol. The highest BCUT2D eigenvalue weighted by Gasteiger charge is 2.40. The van der Waals surface area contributed by atoms with Gasteiger partial charge in [-0.3, -0.25) is 0 Å². The lowest BCUT2D eigenvalue weighted by Gasteiger charge is -2.39. The molecule has 3 nitrogen and oxygen atoms in total. The first-order valence-corrected chi connectivity index (χ1v) is 8.05. The highest BCUT2D eigenvalue weighted by atomic mass is 16.5. The van der Waals surface area contributed by atoms with Crippen LogP contribution in [0.2, 0.25) is 0 Å². The third-order valence-corrected chi connectivity index (χ3v) is 5.04. The van der Waals surface area contributed by atoms with Crippen LogP contribution in [-0.2, 0) is 4.74 Å². The second-order valence-electron chi connectivity index (χ2n) is 6.69. The molecule has 1 spiro atoms. The van der Waals surface area contributed by atoms with Gasteiger partial charge in [0.2, 0.25) is 0 Å². The van der Waals surface area contributed by atoms with Crippen LogP contribution in [0.25, 0.3) is 0 Å². The van der Waals surface area contributed by atoms with Gasteiger partial charge in [-0.15, -0.1) is 0 Å². The molecule has 0 aromatic carbocycles. The highest BCUT2D eigenvalue weighted by Crippen LogP contribution is 2.40. The maximum atomic E-state index is 6.11. The summed E-state index contributed by atoms with van der Waals surface area (Å²) in [6.07, 6.45) is 7.48. The Labute approximate surface area is 122 Å². The Morgan fingerprint density at radius 3 is 2.70 bits per heavy atom. The van der Waals surface area contributed by atoms with E-state index in [1.165, 1.54) is 37.7 Å². The molecule has 3 heteroatoms. The van der Waals surface area contributed by atoms with Crippen LogP contribution in [0.3, 0.4) is 0 Å². The van der Waals surface area contributed by atoms with E-state index in [-0.39, 0.29) is 5.60 Å². The summed E-state index contributed by atoms with van der Waals surface area (Å²) in [4.78, 5) is 0. The Balaban J connectivity index is 1.63. The molecule has 1 aromatic rings. The molecule has 2 unspecified atom stereocenters. The van der Waals surface area contributed by atoms with Crippen molar-refractivity contribution in [1.82, 2.24) is 5.32 Å². The minimum Gasteiger partial charge on any atom is -0.466 e. The summed E-state index contributed by atoms with van der Waals surface area (Å²) in [5.41, 5.74) is 1.49. The van der Waals surface area contributed by atoms with Crippen molar-refractivity contribution in [1.29, 1.82) is 0 Å². The van der Waals surface area contributed by atoms with E-state index >= 15 is 0 Å². The van der Waals surface area contributed by atoms with Gasteiger partial charge in [-0.1, -0.05) is 12.8 Å². The number of aryl methyl sites for hydroxylation is 2. The Hall–Kier alpha value is -0.800. The van der Waals surface area contributed by atoms with Gasteiger partial charge >= 0.3 is 0 Å². The topological polar surface area (TPSA) is 34.4 Å². The number of nitrogens with one attached hydrogen (secondary N) is 1. The summed E-state index contributed by atoms with van der Waals surface area (Å²) in [5.74, 6) is 2.05. The number of furan rings is 1. The Morgan fingerprint density at radius 1 is 1.30 bits per heavy atom. The van der Waals surface area contributed by atoms with E-state index in [4.69, 9.17) is 9.15 Å². The normalized spacial score (nSPS) is 27.1. The van der Waals surface area contributed by atoms with Crippen LogP contribution >= 0.6 is 0 Å². The first kappa shape index (κ1) is 14.2. The highest BCUT2D eigenvalue weighted by molar-refractivity contribution is 5.23. The number of hydrogen-bond acceptors (Lipinski definition) is 3. The van der Waals surface area contributed by atoms with Crippen molar-refractivity contribution in [2.75, 3.05) is 6.61 Å². The molecule has 112 valence electrons. The van der Waals surface area contributed by atoms with E-state index in [1.807, 2.05) is 6.92 Å². The Kier molecular flexibility index (Phi) is 3.91. The molecule has 1 saturated carbocycles. The number of hydrogen-bond donors (Lipinski definition) is 1. The van der Waals surface area contributed by atoms with Gasteiger partial charge < -0.3 is 14.5 Å².